The SMILES string of the molecule is CCC(C(=O)NC(C)(C)C)N(Cc1ccc(F)cc1)C(=O)CN(c1ccc(Cl)cc1)S(=O)(=O)c1ccccc1. The number of benzene rings is 3. The highest BCUT2D eigenvalue weighted by atomic mass is 35.5. The minimum Gasteiger partial charge on any atom is -0.350 e. The second-order valence-corrected chi connectivity index (χ2v) is 12.4. The number of nitrogens with one attached hydrogen (secondary N) is 1. The van der Waals surface area contributed by atoms with Crippen molar-refractivity contribution >= 4 is 39.1 Å². The minimum absolute atomic E-state index is 0.00958. The van der Waals surface area contributed by atoms with Gasteiger partial charge in [-0.25, -0.2) is 12.8 Å². The van der Waals surface area contributed by atoms with E-state index in [0.717, 1.165) is 4.31 Å². The van der Waals surface area contributed by atoms with Crippen molar-refractivity contribution in [2.45, 2.75) is 57.1 Å². The van der Waals surface area contributed by atoms with E-state index in [0.29, 0.717) is 10.6 Å². The molecule has 1 unspecified atom stereocenters. The van der Waals surface area contributed by atoms with Gasteiger partial charge in [0.25, 0.3) is 10.0 Å². The van der Waals surface area contributed by atoms with Crippen LogP contribution in [0.1, 0.15) is 39.7 Å². The largest absolute Gasteiger partial charge is 0.350 e. The van der Waals surface area contributed by atoms with Gasteiger partial charge in [0.2, 0.25) is 11.8 Å². The Morgan fingerprint density at radius 3 is 2.08 bits per heavy atom. The molecule has 3 aromatic rings. The van der Waals surface area contributed by atoms with Gasteiger partial charge in [-0.15, -0.1) is 0 Å². The third-order valence-electron chi connectivity index (χ3n) is 5.87. The summed E-state index contributed by atoms with van der Waals surface area (Å²) in [5.74, 6) is -1.40. The average Bonchev–Trinajstić information content (AvgIpc) is 2.88. The predicted molar refractivity (Wildman–Crippen MR) is 151 cm³/mol. The molecule has 0 saturated carbocycles. The highest BCUT2D eigenvalue weighted by Crippen LogP contribution is 2.26. The summed E-state index contributed by atoms with van der Waals surface area (Å²) in [6.45, 7) is 6.68. The van der Waals surface area contributed by atoms with Gasteiger partial charge in [-0.3, -0.25) is 13.9 Å². The molecule has 0 bridgehead atoms. The van der Waals surface area contributed by atoms with Crippen molar-refractivity contribution in [1.82, 2.24) is 10.2 Å². The van der Waals surface area contributed by atoms with E-state index in [2.05, 4.69) is 5.32 Å². The molecule has 1 atom stereocenters. The van der Waals surface area contributed by atoms with E-state index in [1.165, 1.54) is 65.6 Å². The number of carbonyl (C=O) groups excluding carboxylic acids is 2. The Balaban J connectivity index is 2.05. The van der Waals surface area contributed by atoms with Crippen molar-refractivity contribution in [2.75, 3.05) is 10.8 Å². The molecule has 0 radical (unpaired) electrons. The van der Waals surface area contributed by atoms with Crippen molar-refractivity contribution in [3.8, 4) is 0 Å². The molecule has 0 heterocycles. The number of rotatable bonds is 10. The van der Waals surface area contributed by atoms with Crippen LogP contribution >= 0.6 is 11.6 Å². The quantitative estimate of drug-likeness (QED) is 0.352. The molecule has 0 fully saturated rings. The Morgan fingerprint density at radius 1 is 0.949 bits per heavy atom. The molecule has 0 aliphatic heterocycles. The summed E-state index contributed by atoms with van der Waals surface area (Å²) >= 11 is 6.04. The van der Waals surface area contributed by atoms with Gasteiger partial charge in [-0.1, -0.05) is 48.9 Å². The Hall–Kier alpha value is -3.43. The highest BCUT2D eigenvalue weighted by molar-refractivity contribution is 7.92. The summed E-state index contributed by atoms with van der Waals surface area (Å²) in [5.41, 5.74) is 0.280. The number of sulfonamides is 1. The van der Waals surface area contributed by atoms with Crippen LogP contribution in [0, 0.1) is 5.82 Å². The fourth-order valence-electron chi connectivity index (χ4n) is 4.01. The Morgan fingerprint density at radius 2 is 1.54 bits per heavy atom. The monoisotopic (exact) mass is 573 g/mol. The molecule has 2 amide bonds. The van der Waals surface area contributed by atoms with Gasteiger partial charge in [-0.05, 0) is 81.3 Å². The Kier molecular flexibility index (Phi) is 9.74. The molecule has 10 heteroatoms. The fraction of sp³-hybridized carbons (Fsp3) is 0.310. The first-order valence-electron chi connectivity index (χ1n) is 12.5. The molecule has 0 aliphatic rings. The molecule has 0 aromatic heterocycles. The van der Waals surface area contributed by atoms with E-state index >= 15 is 0 Å². The van der Waals surface area contributed by atoms with Crippen molar-refractivity contribution in [2.24, 2.45) is 0 Å². The van der Waals surface area contributed by atoms with E-state index in [1.807, 2.05) is 20.8 Å². The number of carbonyl (C=O) groups is 2. The molecule has 3 aromatic carbocycles. The lowest BCUT2D eigenvalue weighted by Gasteiger charge is -2.34. The van der Waals surface area contributed by atoms with Gasteiger partial charge in [0.15, 0.2) is 0 Å². The summed E-state index contributed by atoms with van der Waals surface area (Å²) in [6, 6.07) is 18.6. The van der Waals surface area contributed by atoms with Crippen LogP contribution in [-0.4, -0.2) is 43.3 Å². The van der Waals surface area contributed by atoms with Gasteiger partial charge in [0.1, 0.15) is 18.4 Å². The van der Waals surface area contributed by atoms with Crippen molar-refractivity contribution in [3.05, 3.63) is 95.3 Å². The number of hydrogen-bond acceptors (Lipinski definition) is 4. The second-order valence-electron chi connectivity index (χ2n) is 10.1. The number of anilines is 1. The molecule has 0 spiro atoms. The number of hydrogen-bond donors (Lipinski definition) is 1. The van der Waals surface area contributed by atoms with E-state index in [4.69, 9.17) is 11.6 Å². The van der Waals surface area contributed by atoms with Crippen LogP contribution in [0.5, 0.6) is 0 Å². The normalized spacial score (nSPS) is 12.5. The van der Waals surface area contributed by atoms with Crippen molar-refractivity contribution < 1.29 is 22.4 Å². The maximum atomic E-state index is 14.0. The standard InChI is InChI=1S/C29H33ClFN3O4S/c1-5-26(28(36)32-29(2,3)4)33(19-21-11-15-23(31)16-12-21)27(35)20-34(24-17-13-22(30)14-18-24)39(37,38)25-9-7-6-8-10-25/h6-18,26H,5,19-20H2,1-4H3,(H,32,36). The minimum atomic E-state index is -4.16. The molecule has 3 rings (SSSR count). The summed E-state index contributed by atoms with van der Waals surface area (Å²) in [4.78, 5) is 28.6. The van der Waals surface area contributed by atoms with E-state index in [-0.39, 0.29) is 29.5 Å². The van der Waals surface area contributed by atoms with Crippen molar-refractivity contribution in [3.63, 3.8) is 0 Å². The third kappa shape index (κ3) is 8.03. The Bertz CT molecular complexity index is 1380. The highest BCUT2D eigenvalue weighted by Gasteiger charge is 2.34. The van der Waals surface area contributed by atoms with Crippen LogP contribution in [0.2, 0.25) is 5.02 Å². The lowest BCUT2D eigenvalue weighted by atomic mass is 10.1. The van der Waals surface area contributed by atoms with Crippen LogP contribution < -0.4 is 9.62 Å². The van der Waals surface area contributed by atoms with Gasteiger partial charge in [0, 0.05) is 17.1 Å². The third-order valence-corrected chi connectivity index (χ3v) is 7.92. The smallest absolute Gasteiger partial charge is 0.264 e. The summed E-state index contributed by atoms with van der Waals surface area (Å²) in [5, 5.41) is 3.32. The van der Waals surface area contributed by atoms with Crippen LogP contribution in [0.25, 0.3) is 0 Å². The molecule has 1 N–H and O–H groups in total. The molecular weight excluding hydrogens is 541 g/mol. The van der Waals surface area contributed by atoms with Gasteiger partial charge in [0.05, 0.1) is 10.6 Å². The maximum absolute atomic E-state index is 14.0. The number of nitrogens with zero attached hydrogens (tertiary/aromatic N) is 2. The maximum Gasteiger partial charge on any atom is 0.264 e. The number of halogens is 2. The van der Waals surface area contributed by atoms with E-state index < -0.39 is 39.9 Å². The van der Waals surface area contributed by atoms with Gasteiger partial charge < -0.3 is 10.2 Å². The molecule has 7 nitrogen and oxygen atoms in total. The zero-order valence-electron chi connectivity index (χ0n) is 22.4. The van der Waals surface area contributed by atoms with Gasteiger partial charge in [-0.2, -0.15) is 0 Å². The lowest BCUT2D eigenvalue weighted by Crippen LogP contribution is -2.55. The average molecular weight is 574 g/mol. The van der Waals surface area contributed by atoms with Gasteiger partial charge >= 0.3 is 0 Å². The molecule has 208 valence electrons. The van der Waals surface area contributed by atoms with Crippen LogP contribution in [0.4, 0.5) is 10.1 Å². The first kappa shape index (κ1) is 30.1. The first-order valence-corrected chi connectivity index (χ1v) is 14.3. The molecule has 0 saturated heterocycles. The van der Waals surface area contributed by atoms with E-state index in [9.17, 15) is 22.4 Å². The molecular formula is C29H33ClFN3O4S. The predicted octanol–water partition coefficient (Wildman–Crippen LogP) is 5.40. The number of amides is 2. The van der Waals surface area contributed by atoms with E-state index in [1.54, 1.807) is 25.1 Å². The summed E-state index contributed by atoms with van der Waals surface area (Å²) < 4.78 is 42.0. The van der Waals surface area contributed by atoms with Crippen molar-refractivity contribution in [1.29, 1.82) is 0 Å². The Labute approximate surface area is 234 Å². The molecule has 0 aliphatic carbocycles. The topological polar surface area (TPSA) is 86.8 Å². The summed E-state index contributed by atoms with van der Waals surface area (Å²) in [6.07, 6.45) is 0.279. The lowest BCUT2D eigenvalue weighted by molar-refractivity contribution is -0.141. The zero-order chi connectivity index (χ0) is 28.8. The second kappa shape index (κ2) is 12.6. The summed E-state index contributed by atoms with van der Waals surface area (Å²) in [7, 11) is -4.16. The zero-order valence-corrected chi connectivity index (χ0v) is 24.0. The first-order chi connectivity index (χ1) is 18.3. The van der Waals surface area contributed by atoms with Crippen LogP contribution in [0.15, 0.2) is 83.8 Å². The molecule has 39 heavy (non-hydrogen) atoms. The van der Waals surface area contributed by atoms with Crippen LogP contribution in [0.3, 0.4) is 0 Å². The fourth-order valence-corrected chi connectivity index (χ4v) is 5.58. The van der Waals surface area contributed by atoms with Crippen LogP contribution in [-0.2, 0) is 26.2 Å².